The van der Waals surface area contributed by atoms with Gasteiger partial charge in [0.05, 0.1) is 4.91 Å². The molecule has 0 spiro atoms. The largest absolute Gasteiger partial charge is 0.507 e. The van der Waals surface area contributed by atoms with Gasteiger partial charge in [0, 0.05) is 13.0 Å². The van der Waals surface area contributed by atoms with Gasteiger partial charge in [0.25, 0.3) is 5.91 Å². The van der Waals surface area contributed by atoms with Crippen molar-refractivity contribution in [3.63, 3.8) is 0 Å². The van der Waals surface area contributed by atoms with Crippen LogP contribution in [0.3, 0.4) is 0 Å². The van der Waals surface area contributed by atoms with Crippen molar-refractivity contribution in [1.82, 2.24) is 4.90 Å². The molecule has 7 heteroatoms. The predicted molar refractivity (Wildman–Crippen MR) is 98.9 cm³/mol. The number of benzene rings is 1. The molecule has 1 aromatic rings. The molecule has 24 heavy (non-hydrogen) atoms. The average molecular weight is 365 g/mol. The summed E-state index contributed by atoms with van der Waals surface area (Å²) in [5, 5.41) is 18.5. The second-order valence-corrected chi connectivity index (χ2v) is 7.36. The number of carboxylic acid groups (broad SMARTS) is 1. The quantitative estimate of drug-likeness (QED) is 0.457. The minimum Gasteiger partial charge on any atom is -0.507 e. The highest BCUT2D eigenvalue weighted by atomic mass is 32.2. The second kappa shape index (κ2) is 7.81. The minimum absolute atomic E-state index is 0.0939. The van der Waals surface area contributed by atoms with Crippen molar-refractivity contribution in [2.45, 2.75) is 33.1 Å². The van der Waals surface area contributed by atoms with Crippen LogP contribution < -0.4 is 0 Å². The summed E-state index contributed by atoms with van der Waals surface area (Å²) in [6.07, 6.45) is 2.98. The summed E-state index contributed by atoms with van der Waals surface area (Å²) >= 11 is 6.50. The number of rotatable bonds is 6. The van der Waals surface area contributed by atoms with Crippen LogP contribution in [0.1, 0.15) is 36.0 Å². The highest BCUT2D eigenvalue weighted by molar-refractivity contribution is 8.26. The Labute approximate surface area is 150 Å². The fraction of sp³-hybridized carbons (Fsp3) is 0.353. The van der Waals surface area contributed by atoms with Crippen LogP contribution in [-0.4, -0.2) is 37.9 Å². The summed E-state index contributed by atoms with van der Waals surface area (Å²) in [7, 11) is 0. The lowest BCUT2D eigenvalue weighted by molar-refractivity contribution is -0.137. The fourth-order valence-corrected chi connectivity index (χ4v) is 3.77. The number of hydrogen-bond acceptors (Lipinski definition) is 5. The summed E-state index contributed by atoms with van der Waals surface area (Å²) in [6.45, 7) is 4.06. The molecular weight excluding hydrogens is 346 g/mol. The van der Waals surface area contributed by atoms with Gasteiger partial charge >= 0.3 is 5.97 Å². The standard InChI is InChI=1S/C17H19NO4S2/c1-10-7-12(8-11(2)15(10)21)9-13-16(22)18(17(23)24-13)6-4-3-5-14(19)20/h7-9,21H,3-6H2,1-2H3,(H,19,20)/b13-9-. The zero-order chi connectivity index (χ0) is 17.9. The molecule has 2 rings (SSSR count). The van der Waals surface area contributed by atoms with Crippen LogP contribution in [-0.2, 0) is 9.59 Å². The number of amides is 1. The molecule has 0 bridgehead atoms. The third kappa shape index (κ3) is 4.36. The number of nitrogens with zero attached hydrogens (tertiary/aromatic N) is 1. The maximum atomic E-state index is 12.5. The van der Waals surface area contributed by atoms with E-state index in [0.29, 0.717) is 28.6 Å². The van der Waals surface area contributed by atoms with Crippen LogP contribution in [0, 0.1) is 13.8 Å². The summed E-state index contributed by atoms with van der Waals surface area (Å²) in [4.78, 5) is 25.1. The van der Waals surface area contributed by atoms with E-state index in [4.69, 9.17) is 17.3 Å². The normalized spacial score (nSPS) is 16.2. The number of phenols is 1. The smallest absolute Gasteiger partial charge is 0.303 e. The van der Waals surface area contributed by atoms with Gasteiger partial charge in [-0.05, 0) is 61.6 Å². The van der Waals surface area contributed by atoms with Gasteiger partial charge in [-0.25, -0.2) is 0 Å². The Kier molecular flexibility index (Phi) is 6.01. The van der Waals surface area contributed by atoms with Crippen LogP contribution in [0.15, 0.2) is 17.0 Å². The molecule has 128 valence electrons. The lowest BCUT2D eigenvalue weighted by Gasteiger charge is -2.13. The minimum atomic E-state index is -0.835. The van der Waals surface area contributed by atoms with Crippen LogP contribution >= 0.6 is 24.0 Å². The van der Waals surface area contributed by atoms with Gasteiger partial charge in [0.2, 0.25) is 0 Å². The number of aryl methyl sites for hydroxylation is 2. The number of aromatic hydroxyl groups is 1. The van der Waals surface area contributed by atoms with E-state index in [9.17, 15) is 14.7 Å². The van der Waals surface area contributed by atoms with Crippen LogP contribution in [0.5, 0.6) is 5.75 Å². The van der Waals surface area contributed by atoms with Gasteiger partial charge in [-0.2, -0.15) is 0 Å². The molecular formula is C17H19NO4S2. The first-order chi connectivity index (χ1) is 11.3. The van der Waals surface area contributed by atoms with Crippen molar-refractivity contribution < 1.29 is 19.8 Å². The van der Waals surface area contributed by atoms with Crippen molar-refractivity contribution >= 4 is 46.3 Å². The Bertz CT molecular complexity index is 704. The zero-order valence-electron chi connectivity index (χ0n) is 13.5. The molecule has 0 atom stereocenters. The number of carbonyl (C=O) groups excluding carboxylic acids is 1. The summed E-state index contributed by atoms with van der Waals surface area (Å²) in [5.41, 5.74) is 2.35. The van der Waals surface area contributed by atoms with Crippen molar-refractivity contribution in [3.8, 4) is 5.75 Å². The highest BCUT2D eigenvalue weighted by Gasteiger charge is 2.31. The van der Waals surface area contributed by atoms with Crippen LogP contribution in [0.2, 0.25) is 0 Å². The maximum absolute atomic E-state index is 12.5. The summed E-state index contributed by atoms with van der Waals surface area (Å²) in [6, 6.07) is 3.64. The zero-order valence-corrected chi connectivity index (χ0v) is 15.2. The Morgan fingerprint density at radius 3 is 2.50 bits per heavy atom. The Hall–Kier alpha value is -1.86. The molecule has 1 aliphatic heterocycles. The molecule has 1 aromatic carbocycles. The second-order valence-electron chi connectivity index (χ2n) is 5.69. The number of carbonyl (C=O) groups is 2. The molecule has 0 aliphatic carbocycles. The van der Waals surface area contributed by atoms with Crippen molar-refractivity contribution in [2.75, 3.05) is 6.54 Å². The van der Waals surface area contributed by atoms with Gasteiger partial charge in [0.1, 0.15) is 10.1 Å². The topological polar surface area (TPSA) is 77.8 Å². The summed E-state index contributed by atoms with van der Waals surface area (Å²) in [5.74, 6) is -0.722. The highest BCUT2D eigenvalue weighted by Crippen LogP contribution is 2.33. The Balaban J connectivity index is 2.09. The Morgan fingerprint density at radius 1 is 1.29 bits per heavy atom. The van der Waals surface area contributed by atoms with Gasteiger partial charge in [-0.1, -0.05) is 24.0 Å². The number of thiocarbonyl (C=S) groups is 1. The van der Waals surface area contributed by atoms with Crippen molar-refractivity contribution in [2.24, 2.45) is 0 Å². The average Bonchev–Trinajstić information content (AvgIpc) is 2.75. The van der Waals surface area contributed by atoms with E-state index in [1.165, 1.54) is 16.7 Å². The first-order valence-corrected chi connectivity index (χ1v) is 8.79. The molecule has 1 aliphatic rings. The van der Waals surface area contributed by atoms with E-state index in [1.807, 2.05) is 26.0 Å². The molecule has 1 fully saturated rings. The Morgan fingerprint density at radius 2 is 1.92 bits per heavy atom. The van der Waals surface area contributed by atoms with Crippen LogP contribution in [0.4, 0.5) is 0 Å². The number of unbranched alkanes of at least 4 members (excludes halogenated alkanes) is 1. The number of carboxylic acids is 1. The monoisotopic (exact) mass is 365 g/mol. The SMILES string of the molecule is Cc1cc(/C=C2\SC(=S)N(CCCCC(=O)O)C2=O)cc(C)c1O. The first kappa shape index (κ1) is 18.5. The van der Waals surface area contributed by atoms with Gasteiger partial charge in [-0.3, -0.25) is 14.5 Å². The lowest BCUT2D eigenvalue weighted by Crippen LogP contribution is -2.29. The molecule has 1 heterocycles. The molecule has 1 saturated heterocycles. The van der Waals surface area contributed by atoms with Crippen LogP contribution in [0.25, 0.3) is 6.08 Å². The van der Waals surface area contributed by atoms with Gasteiger partial charge in [0.15, 0.2) is 0 Å². The number of hydrogen-bond donors (Lipinski definition) is 2. The lowest BCUT2D eigenvalue weighted by atomic mass is 10.1. The third-order valence-corrected chi connectivity index (χ3v) is 5.08. The maximum Gasteiger partial charge on any atom is 0.303 e. The number of thioether (sulfide) groups is 1. The molecule has 5 nitrogen and oxygen atoms in total. The molecule has 2 N–H and O–H groups in total. The first-order valence-electron chi connectivity index (χ1n) is 7.57. The number of aliphatic carboxylic acids is 1. The fourth-order valence-electron chi connectivity index (χ4n) is 2.46. The predicted octanol–water partition coefficient (Wildman–Crippen LogP) is 3.47. The molecule has 0 aromatic heterocycles. The van der Waals surface area contributed by atoms with E-state index < -0.39 is 5.97 Å². The molecule has 1 amide bonds. The molecule has 0 saturated carbocycles. The summed E-state index contributed by atoms with van der Waals surface area (Å²) < 4.78 is 0.494. The van der Waals surface area contributed by atoms with E-state index in [0.717, 1.165) is 16.7 Å². The third-order valence-electron chi connectivity index (χ3n) is 3.71. The van der Waals surface area contributed by atoms with Gasteiger partial charge in [-0.15, -0.1) is 0 Å². The van der Waals surface area contributed by atoms with E-state index >= 15 is 0 Å². The van der Waals surface area contributed by atoms with Gasteiger partial charge < -0.3 is 10.2 Å². The van der Waals surface area contributed by atoms with Crippen molar-refractivity contribution in [3.05, 3.63) is 33.7 Å². The van der Waals surface area contributed by atoms with Crippen molar-refractivity contribution in [1.29, 1.82) is 0 Å². The van der Waals surface area contributed by atoms with E-state index in [-0.39, 0.29) is 18.1 Å². The van der Waals surface area contributed by atoms with E-state index in [2.05, 4.69) is 0 Å². The van der Waals surface area contributed by atoms with E-state index in [1.54, 1.807) is 6.08 Å². The number of phenolic OH excluding ortho intramolecular Hbond substituents is 1. The molecule has 0 unspecified atom stereocenters. The molecule has 0 radical (unpaired) electrons.